The summed E-state index contributed by atoms with van der Waals surface area (Å²) in [5.41, 5.74) is 2.52. The van der Waals surface area contributed by atoms with E-state index >= 15 is 0 Å². The molecule has 0 aromatic rings. The van der Waals surface area contributed by atoms with Gasteiger partial charge in [0.05, 0.1) is 0 Å². The third-order valence-electron chi connectivity index (χ3n) is 2.00. The topological polar surface area (TPSA) is 9.23 Å². The van der Waals surface area contributed by atoms with Gasteiger partial charge < -0.3 is 4.43 Å². The summed E-state index contributed by atoms with van der Waals surface area (Å²) in [7, 11) is -1.33. The maximum Gasteiger partial charge on any atom is 0.183 e. The summed E-state index contributed by atoms with van der Waals surface area (Å²) in [5, 5.41) is 0. The summed E-state index contributed by atoms with van der Waals surface area (Å²) in [5.74, 6) is 0. The molecule has 77 valence electrons. The van der Waals surface area contributed by atoms with E-state index in [9.17, 15) is 0 Å². The second-order valence-corrected chi connectivity index (χ2v) is 8.98. The maximum absolute atomic E-state index is 5.79. The van der Waals surface area contributed by atoms with Gasteiger partial charge >= 0.3 is 0 Å². The van der Waals surface area contributed by atoms with Gasteiger partial charge in [-0.05, 0) is 50.2 Å². The minimum absolute atomic E-state index is 0.844. The van der Waals surface area contributed by atoms with Crippen molar-refractivity contribution in [2.24, 2.45) is 0 Å². The third-order valence-corrected chi connectivity index (χ3v) is 3.07. The van der Waals surface area contributed by atoms with Gasteiger partial charge in [-0.1, -0.05) is 18.2 Å². The summed E-state index contributed by atoms with van der Waals surface area (Å²) in [6, 6.07) is 0. The Balaban J connectivity index is 2.31. The molecule has 0 aromatic heterocycles. The Labute approximate surface area is 88.3 Å². The van der Waals surface area contributed by atoms with Crippen LogP contribution in [-0.2, 0) is 4.43 Å². The Bertz CT molecular complexity index is 279. The fourth-order valence-corrected chi connectivity index (χ4v) is 1.96. The lowest BCUT2D eigenvalue weighted by Crippen LogP contribution is -2.25. The second kappa shape index (κ2) is 4.76. The van der Waals surface area contributed by atoms with E-state index in [-0.39, 0.29) is 0 Å². The molecule has 1 radical (unpaired) electrons. The molecular formula is C12H19OSi. The average molecular weight is 207 g/mol. The average Bonchev–Trinajstić information content (AvgIpc) is 2.50. The quantitative estimate of drug-likeness (QED) is 0.641. The molecule has 0 amide bonds. The first kappa shape index (κ1) is 11.5. The van der Waals surface area contributed by atoms with Crippen LogP contribution in [0.4, 0.5) is 0 Å². The zero-order valence-corrected chi connectivity index (χ0v) is 10.6. The fraction of sp³-hybridized carbons (Fsp3) is 0.500. The normalized spacial score (nSPS) is 19.1. The number of hydrogen-bond acceptors (Lipinski definition) is 1. The number of hydrogen-bond donors (Lipinski definition) is 0. The van der Waals surface area contributed by atoms with Crippen molar-refractivity contribution in [3.8, 4) is 0 Å². The summed E-state index contributed by atoms with van der Waals surface area (Å²) in [6.45, 7) is 9.53. The minimum atomic E-state index is -1.33. The predicted molar refractivity (Wildman–Crippen MR) is 63.6 cm³/mol. The Kier molecular flexibility index (Phi) is 3.90. The van der Waals surface area contributed by atoms with Gasteiger partial charge in [-0.3, -0.25) is 0 Å². The van der Waals surface area contributed by atoms with Crippen LogP contribution in [0.15, 0.2) is 29.4 Å². The van der Waals surface area contributed by atoms with Crippen LogP contribution in [0.25, 0.3) is 0 Å². The Hall–Kier alpha value is -0.603. The molecule has 1 rings (SSSR count). The summed E-state index contributed by atoms with van der Waals surface area (Å²) in [6.07, 6.45) is 10.5. The van der Waals surface area contributed by atoms with Crippen LogP contribution in [-0.4, -0.2) is 14.9 Å². The SMILES string of the molecule is CC=C1[C]=CC(CCO[Si](C)(C)C)=C1. The zero-order chi connectivity index (χ0) is 10.6. The Morgan fingerprint density at radius 1 is 1.43 bits per heavy atom. The first-order valence-electron chi connectivity index (χ1n) is 5.12. The molecule has 0 saturated carbocycles. The van der Waals surface area contributed by atoms with Crippen LogP contribution in [0.3, 0.4) is 0 Å². The number of rotatable bonds is 4. The van der Waals surface area contributed by atoms with Crippen molar-refractivity contribution < 1.29 is 4.43 Å². The van der Waals surface area contributed by atoms with E-state index in [1.807, 2.05) is 6.92 Å². The van der Waals surface area contributed by atoms with Gasteiger partial charge in [-0.15, -0.1) is 0 Å². The van der Waals surface area contributed by atoms with Gasteiger partial charge in [0.1, 0.15) is 0 Å². The van der Waals surface area contributed by atoms with Crippen molar-refractivity contribution in [2.75, 3.05) is 6.61 Å². The summed E-state index contributed by atoms with van der Waals surface area (Å²) >= 11 is 0. The van der Waals surface area contributed by atoms with E-state index in [4.69, 9.17) is 4.43 Å². The van der Waals surface area contributed by atoms with Gasteiger partial charge in [0.2, 0.25) is 0 Å². The van der Waals surface area contributed by atoms with Crippen LogP contribution in [0, 0.1) is 6.08 Å². The second-order valence-electron chi connectivity index (χ2n) is 4.46. The van der Waals surface area contributed by atoms with Crippen molar-refractivity contribution >= 4 is 8.32 Å². The highest BCUT2D eigenvalue weighted by Gasteiger charge is 2.13. The van der Waals surface area contributed by atoms with E-state index in [0.717, 1.165) is 13.0 Å². The zero-order valence-electron chi connectivity index (χ0n) is 9.55. The van der Waals surface area contributed by atoms with E-state index < -0.39 is 8.32 Å². The van der Waals surface area contributed by atoms with Crippen LogP contribution in [0.1, 0.15) is 13.3 Å². The van der Waals surface area contributed by atoms with Gasteiger partial charge in [0.25, 0.3) is 0 Å². The predicted octanol–water partition coefficient (Wildman–Crippen LogP) is 3.47. The van der Waals surface area contributed by atoms with Crippen molar-refractivity contribution in [3.05, 3.63) is 35.5 Å². The molecule has 1 aliphatic carbocycles. The van der Waals surface area contributed by atoms with Gasteiger partial charge in [0.15, 0.2) is 8.32 Å². The lowest BCUT2D eigenvalue weighted by Gasteiger charge is -2.16. The van der Waals surface area contributed by atoms with Crippen LogP contribution < -0.4 is 0 Å². The molecule has 1 nitrogen and oxygen atoms in total. The van der Waals surface area contributed by atoms with E-state index in [1.54, 1.807) is 0 Å². The molecule has 0 unspecified atom stereocenters. The lowest BCUT2D eigenvalue weighted by molar-refractivity contribution is 0.316. The molecular weight excluding hydrogens is 188 g/mol. The van der Waals surface area contributed by atoms with Crippen molar-refractivity contribution in [3.63, 3.8) is 0 Å². The largest absolute Gasteiger partial charge is 0.417 e. The molecule has 0 saturated heterocycles. The monoisotopic (exact) mass is 207 g/mol. The highest BCUT2D eigenvalue weighted by Crippen LogP contribution is 2.17. The molecule has 0 aliphatic heterocycles. The molecule has 0 aromatic carbocycles. The molecule has 0 fully saturated rings. The smallest absolute Gasteiger partial charge is 0.183 e. The molecule has 14 heavy (non-hydrogen) atoms. The van der Waals surface area contributed by atoms with Crippen molar-refractivity contribution in [2.45, 2.75) is 33.0 Å². The number of allylic oxidation sites excluding steroid dienone is 5. The minimum Gasteiger partial charge on any atom is -0.417 e. The molecule has 0 atom stereocenters. The Morgan fingerprint density at radius 3 is 2.64 bits per heavy atom. The molecule has 0 bridgehead atoms. The first-order valence-corrected chi connectivity index (χ1v) is 8.53. The van der Waals surface area contributed by atoms with Crippen molar-refractivity contribution in [1.29, 1.82) is 0 Å². The fourth-order valence-electron chi connectivity index (χ4n) is 1.25. The lowest BCUT2D eigenvalue weighted by atomic mass is 10.2. The third kappa shape index (κ3) is 4.07. The highest BCUT2D eigenvalue weighted by molar-refractivity contribution is 6.69. The summed E-state index contributed by atoms with van der Waals surface area (Å²) < 4.78 is 5.79. The summed E-state index contributed by atoms with van der Waals surface area (Å²) in [4.78, 5) is 0. The molecule has 0 N–H and O–H groups in total. The highest BCUT2D eigenvalue weighted by atomic mass is 28.4. The van der Waals surface area contributed by atoms with Gasteiger partial charge in [0, 0.05) is 6.61 Å². The molecule has 1 aliphatic rings. The van der Waals surface area contributed by atoms with Crippen LogP contribution in [0.5, 0.6) is 0 Å². The van der Waals surface area contributed by atoms with E-state index in [0.29, 0.717) is 0 Å². The molecule has 0 spiro atoms. The van der Waals surface area contributed by atoms with Crippen LogP contribution >= 0.6 is 0 Å². The van der Waals surface area contributed by atoms with Gasteiger partial charge in [-0.25, -0.2) is 0 Å². The van der Waals surface area contributed by atoms with E-state index in [2.05, 4.69) is 43.9 Å². The van der Waals surface area contributed by atoms with Crippen LogP contribution in [0.2, 0.25) is 19.6 Å². The molecule has 2 heteroatoms. The standard InChI is InChI=1S/C12H19OSi/c1-5-11-6-7-12(10-11)8-9-13-14(2,3)4/h5,7,10H,8-9H2,1-4H3. The van der Waals surface area contributed by atoms with Gasteiger partial charge in [-0.2, -0.15) is 0 Å². The first-order chi connectivity index (χ1) is 6.51. The molecule has 0 heterocycles. The maximum atomic E-state index is 5.79. The van der Waals surface area contributed by atoms with Crippen molar-refractivity contribution in [1.82, 2.24) is 0 Å². The van der Waals surface area contributed by atoms with E-state index in [1.165, 1.54) is 11.1 Å². The Morgan fingerprint density at radius 2 is 2.14 bits per heavy atom.